The van der Waals surface area contributed by atoms with Gasteiger partial charge in [0, 0.05) is 31.9 Å². The maximum Gasteiger partial charge on any atom is 0.244 e. The molecule has 3 N–H and O–H groups in total. The van der Waals surface area contributed by atoms with Gasteiger partial charge < -0.3 is 16.0 Å². The van der Waals surface area contributed by atoms with Crippen molar-refractivity contribution < 1.29 is 9.59 Å². The van der Waals surface area contributed by atoms with Crippen LogP contribution in [-0.2, 0) is 4.79 Å². The normalized spacial score (nSPS) is 19.9. The largest absolute Gasteiger partial charge is 0.313 e. The third-order valence-corrected chi connectivity index (χ3v) is 3.21. The first-order valence-corrected chi connectivity index (χ1v) is 6.26. The Morgan fingerprint density at radius 2 is 2.35 bits per heavy atom. The van der Waals surface area contributed by atoms with E-state index < -0.39 is 0 Å². The smallest absolute Gasteiger partial charge is 0.244 e. The van der Waals surface area contributed by atoms with Crippen molar-refractivity contribution in [3.8, 4) is 0 Å². The molecule has 17 heavy (non-hydrogen) atoms. The predicted octanol–water partition coefficient (Wildman–Crippen LogP) is -0.154. The van der Waals surface area contributed by atoms with Crippen molar-refractivity contribution in [3.05, 3.63) is 11.1 Å². The molecule has 1 aliphatic heterocycles. The summed E-state index contributed by atoms with van der Waals surface area (Å²) in [6.45, 7) is 3.70. The number of carbonyl (C=O) groups excluding carboxylic acids is 2. The second kappa shape index (κ2) is 5.35. The number of nitrogens with zero attached hydrogens (tertiary/aromatic N) is 1. The first kappa shape index (κ1) is 12.2. The molecule has 92 valence electrons. The molecule has 1 atom stereocenters. The van der Waals surface area contributed by atoms with Crippen LogP contribution in [-0.4, -0.2) is 42.4 Å². The maximum atomic E-state index is 11.8. The van der Waals surface area contributed by atoms with E-state index >= 15 is 0 Å². The molecule has 0 aromatic carbocycles. The molecule has 1 aromatic heterocycles. The molecular formula is C10H14N4O2S. The fourth-order valence-electron chi connectivity index (χ4n) is 1.52. The summed E-state index contributed by atoms with van der Waals surface area (Å²) in [5.41, 5.74) is 0.389. The zero-order valence-corrected chi connectivity index (χ0v) is 10.3. The molecule has 1 aromatic rings. The first-order chi connectivity index (χ1) is 8.16. The van der Waals surface area contributed by atoms with Crippen molar-refractivity contribution in [3.63, 3.8) is 0 Å². The molecule has 1 amide bonds. The molecule has 0 bridgehead atoms. The van der Waals surface area contributed by atoms with Gasteiger partial charge in [-0.1, -0.05) is 0 Å². The van der Waals surface area contributed by atoms with E-state index in [9.17, 15) is 9.59 Å². The molecule has 1 saturated heterocycles. The summed E-state index contributed by atoms with van der Waals surface area (Å²) in [6, 6.07) is -0.242. The fraction of sp³-hybridized carbons (Fsp3) is 0.500. The Kier molecular flexibility index (Phi) is 3.82. The Morgan fingerprint density at radius 3 is 2.94 bits per heavy atom. The van der Waals surface area contributed by atoms with Gasteiger partial charge in [0.1, 0.15) is 5.69 Å². The monoisotopic (exact) mass is 254 g/mol. The number of thiazole rings is 1. The summed E-state index contributed by atoms with van der Waals surface area (Å²) in [7, 11) is 0. The van der Waals surface area contributed by atoms with Gasteiger partial charge in [0.2, 0.25) is 5.91 Å². The second-order valence-electron chi connectivity index (χ2n) is 3.79. The highest BCUT2D eigenvalue weighted by Crippen LogP contribution is 2.15. The van der Waals surface area contributed by atoms with E-state index in [1.807, 2.05) is 0 Å². The van der Waals surface area contributed by atoms with E-state index in [1.165, 1.54) is 18.3 Å². The molecule has 7 heteroatoms. The van der Waals surface area contributed by atoms with Gasteiger partial charge >= 0.3 is 0 Å². The van der Waals surface area contributed by atoms with Crippen LogP contribution in [0.4, 0.5) is 5.13 Å². The van der Waals surface area contributed by atoms with E-state index in [0.717, 1.165) is 13.1 Å². The van der Waals surface area contributed by atoms with Crippen molar-refractivity contribution in [1.82, 2.24) is 15.6 Å². The molecule has 0 radical (unpaired) electrons. The number of rotatable bonds is 3. The molecule has 2 heterocycles. The number of nitrogens with one attached hydrogen (secondary N) is 3. The van der Waals surface area contributed by atoms with Gasteiger partial charge in [0.05, 0.1) is 6.04 Å². The standard InChI is InChI=1S/C10H14N4O2S/c1-6(15)8-5-17-10(13-8)14-9(16)7-4-11-2-3-12-7/h5,7,11-12H,2-4H2,1H3,(H,13,14,16)/t7-/m1/s1. The minimum absolute atomic E-state index is 0.0980. The van der Waals surface area contributed by atoms with Crippen LogP contribution >= 0.6 is 11.3 Å². The Bertz CT molecular complexity index is 426. The maximum absolute atomic E-state index is 11.8. The molecule has 6 nitrogen and oxygen atoms in total. The van der Waals surface area contributed by atoms with Crippen LogP contribution in [0.25, 0.3) is 0 Å². The summed E-state index contributed by atoms with van der Waals surface area (Å²) < 4.78 is 0. The van der Waals surface area contributed by atoms with E-state index in [1.54, 1.807) is 5.38 Å². The number of amides is 1. The Hall–Kier alpha value is -1.31. The lowest BCUT2D eigenvalue weighted by Crippen LogP contribution is -2.54. The summed E-state index contributed by atoms with van der Waals surface area (Å²) in [5, 5.41) is 11.0. The number of anilines is 1. The number of aromatic nitrogens is 1. The topological polar surface area (TPSA) is 83.1 Å². The summed E-state index contributed by atoms with van der Waals surface area (Å²) in [6.07, 6.45) is 0. The fourth-order valence-corrected chi connectivity index (χ4v) is 2.28. The number of ketones is 1. The van der Waals surface area contributed by atoms with Crippen LogP contribution in [0.5, 0.6) is 0 Å². The zero-order valence-electron chi connectivity index (χ0n) is 9.45. The second-order valence-corrected chi connectivity index (χ2v) is 4.65. The molecule has 0 unspecified atom stereocenters. The summed E-state index contributed by atoms with van der Waals surface area (Å²) >= 11 is 1.26. The van der Waals surface area contributed by atoms with E-state index in [-0.39, 0.29) is 17.7 Å². The molecule has 1 fully saturated rings. The van der Waals surface area contributed by atoms with Gasteiger partial charge in [0.15, 0.2) is 10.9 Å². The molecule has 0 saturated carbocycles. The molecule has 1 aliphatic rings. The highest BCUT2D eigenvalue weighted by atomic mass is 32.1. The average Bonchev–Trinajstić information content (AvgIpc) is 2.79. The zero-order chi connectivity index (χ0) is 12.3. The minimum atomic E-state index is -0.242. The number of Topliss-reactive ketones (excluding diaryl/α,β-unsaturated/α-hetero) is 1. The van der Waals surface area contributed by atoms with E-state index in [4.69, 9.17) is 0 Å². The van der Waals surface area contributed by atoms with Crippen molar-refractivity contribution in [2.24, 2.45) is 0 Å². The van der Waals surface area contributed by atoms with Crippen molar-refractivity contribution in [2.75, 3.05) is 25.0 Å². The number of carbonyl (C=O) groups is 2. The Labute approximate surface area is 103 Å². The van der Waals surface area contributed by atoms with Crippen LogP contribution < -0.4 is 16.0 Å². The molecule has 0 spiro atoms. The van der Waals surface area contributed by atoms with Gasteiger partial charge in [-0.3, -0.25) is 9.59 Å². The quantitative estimate of drug-likeness (QED) is 0.653. The van der Waals surface area contributed by atoms with Gasteiger partial charge in [-0.25, -0.2) is 4.98 Å². The average molecular weight is 254 g/mol. The van der Waals surface area contributed by atoms with Crippen molar-refractivity contribution in [1.29, 1.82) is 0 Å². The van der Waals surface area contributed by atoms with Crippen LogP contribution in [0.2, 0.25) is 0 Å². The minimum Gasteiger partial charge on any atom is -0.313 e. The lowest BCUT2D eigenvalue weighted by molar-refractivity contribution is -0.118. The molecule has 2 rings (SSSR count). The van der Waals surface area contributed by atoms with Gasteiger partial charge in [-0.2, -0.15) is 0 Å². The molecule has 0 aliphatic carbocycles. The Balaban J connectivity index is 1.94. The van der Waals surface area contributed by atoms with Crippen LogP contribution in [0, 0.1) is 0 Å². The van der Waals surface area contributed by atoms with Crippen molar-refractivity contribution >= 4 is 28.2 Å². The third-order valence-electron chi connectivity index (χ3n) is 2.45. The van der Waals surface area contributed by atoms with Crippen LogP contribution in [0.1, 0.15) is 17.4 Å². The van der Waals surface area contributed by atoms with Crippen LogP contribution in [0.3, 0.4) is 0 Å². The first-order valence-electron chi connectivity index (χ1n) is 5.38. The summed E-state index contributed by atoms with van der Waals surface area (Å²) in [4.78, 5) is 26.9. The predicted molar refractivity (Wildman–Crippen MR) is 65.4 cm³/mol. The highest BCUT2D eigenvalue weighted by molar-refractivity contribution is 7.14. The number of hydrogen-bond donors (Lipinski definition) is 3. The van der Waals surface area contributed by atoms with Gasteiger partial charge in [-0.15, -0.1) is 11.3 Å². The van der Waals surface area contributed by atoms with E-state index in [0.29, 0.717) is 17.4 Å². The highest BCUT2D eigenvalue weighted by Gasteiger charge is 2.21. The van der Waals surface area contributed by atoms with Gasteiger partial charge in [-0.05, 0) is 0 Å². The summed E-state index contributed by atoms with van der Waals surface area (Å²) in [5.74, 6) is -0.221. The number of piperazine rings is 1. The van der Waals surface area contributed by atoms with Gasteiger partial charge in [0.25, 0.3) is 0 Å². The third kappa shape index (κ3) is 3.09. The number of hydrogen-bond acceptors (Lipinski definition) is 6. The molecular weight excluding hydrogens is 240 g/mol. The Morgan fingerprint density at radius 1 is 1.53 bits per heavy atom. The van der Waals surface area contributed by atoms with Crippen molar-refractivity contribution in [2.45, 2.75) is 13.0 Å². The lowest BCUT2D eigenvalue weighted by Gasteiger charge is -2.22. The van der Waals surface area contributed by atoms with E-state index in [2.05, 4.69) is 20.9 Å². The van der Waals surface area contributed by atoms with Crippen LogP contribution in [0.15, 0.2) is 5.38 Å². The SMILES string of the molecule is CC(=O)c1csc(NC(=O)[C@H]2CNCCN2)n1. The lowest BCUT2D eigenvalue weighted by atomic mass is 10.2.